The number of nitrogens with zero attached hydrogens (tertiary/aromatic N) is 1. The van der Waals surface area contributed by atoms with E-state index >= 15 is 0 Å². The standard InChI is InChI=1S/C25H21BrN2O4/c1-18-7-5-6-10-22(18)31-17-24(29)28-27-16-20-15-21(26)12-13-23(20)32-25(30)14-11-19-8-3-2-4-9-19/h2-16H,17H2,1H3,(H,28,29). The van der Waals surface area contributed by atoms with Crippen molar-refractivity contribution in [2.75, 3.05) is 6.61 Å². The SMILES string of the molecule is Cc1ccccc1OCC(=O)NN=Cc1cc(Br)ccc1OC(=O)C=Cc1ccccc1. The molecule has 0 saturated carbocycles. The Morgan fingerprint density at radius 1 is 1.00 bits per heavy atom. The van der Waals surface area contributed by atoms with E-state index in [1.54, 1.807) is 30.3 Å². The normalized spacial score (nSPS) is 10.9. The Morgan fingerprint density at radius 3 is 2.53 bits per heavy atom. The molecule has 0 saturated heterocycles. The van der Waals surface area contributed by atoms with Gasteiger partial charge in [0.25, 0.3) is 5.91 Å². The first-order valence-corrected chi connectivity index (χ1v) is 10.6. The molecule has 0 aliphatic heterocycles. The zero-order chi connectivity index (χ0) is 22.8. The number of halogens is 1. The van der Waals surface area contributed by atoms with Gasteiger partial charge in [-0.2, -0.15) is 5.10 Å². The molecule has 1 N–H and O–H groups in total. The molecule has 0 atom stereocenters. The number of ether oxygens (including phenoxy) is 2. The Morgan fingerprint density at radius 2 is 1.75 bits per heavy atom. The second-order valence-corrected chi connectivity index (χ2v) is 7.61. The van der Waals surface area contributed by atoms with E-state index in [1.807, 2.05) is 55.5 Å². The maximum atomic E-state index is 12.2. The Bertz CT molecular complexity index is 1140. The Hall–Kier alpha value is -3.71. The highest BCUT2D eigenvalue weighted by atomic mass is 79.9. The lowest BCUT2D eigenvalue weighted by Gasteiger charge is -2.08. The zero-order valence-corrected chi connectivity index (χ0v) is 18.9. The molecule has 0 radical (unpaired) electrons. The van der Waals surface area contributed by atoms with Crippen LogP contribution in [0.15, 0.2) is 88.4 Å². The lowest BCUT2D eigenvalue weighted by molar-refractivity contribution is -0.129. The van der Waals surface area contributed by atoms with Gasteiger partial charge in [-0.15, -0.1) is 0 Å². The van der Waals surface area contributed by atoms with E-state index in [-0.39, 0.29) is 6.61 Å². The van der Waals surface area contributed by atoms with Crippen molar-refractivity contribution in [2.24, 2.45) is 5.10 Å². The summed E-state index contributed by atoms with van der Waals surface area (Å²) in [6.07, 6.45) is 4.42. The minimum absolute atomic E-state index is 0.174. The number of esters is 1. The molecule has 162 valence electrons. The van der Waals surface area contributed by atoms with Gasteiger partial charge in [-0.05, 0) is 48.4 Å². The summed E-state index contributed by atoms with van der Waals surface area (Å²) < 4.78 is 11.7. The third-order valence-corrected chi connectivity index (χ3v) is 4.73. The minimum Gasteiger partial charge on any atom is -0.483 e. The third-order valence-electron chi connectivity index (χ3n) is 4.24. The van der Waals surface area contributed by atoms with Crippen LogP contribution in [0.4, 0.5) is 0 Å². The van der Waals surface area contributed by atoms with Crippen LogP contribution in [-0.2, 0) is 9.59 Å². The molecule has 0 bridgehead atoms. The number of carbonyl (C=O) groups excluding carboxylic acids is 2. The summed E-state index contributed by atoms with van der Waals surface area (Å²) in [5.74, 6) is 0.00628. The summed E-state index contributed by atoms with van der Waals surface area (Å²) >= 11 is 3.38. The second-order valence-electron chi connectivity index (χ2n) is 6.69. The quantitative estimate of drug-likeness (QED) is 0.159. The van der Waals surface area contributed by atoms with E-state index in [2.05, 4.69) is 26.5 Å². The second kappa shape index (κ2) is 11.6. The van der Waals surface area contributed by atoms with Crippen LogP contribution in [0.1, 0.15) is 16.7 Å². The molecule has 0 aliphatic carbocycles. The lowest BCUT2D eigenvalue weighted by atomic mass is 10.2. The van der Waals surface area contributed by atoms with E-state index in [0.29, 0.717) is 17.1 Å². The monoisotopic (exact) mass is 492 g/mol. The van der Waals surface area contributed by atoms with E-state index < -0.39 is 11.9 Å². The molecule has 0 spiro atoms. The average molecular weight is 493 g/mol. The van der Waals surface area contributed by atoms with Crippen molar-refractivity contribution in [1.29, 1.82) is 0 Å². The Balaban J connectivity index is 1.58. The average Bonchev–Trinajstić information content (AvgIpc) is 2.79. The summed E-state index contributed by atoms with van der Waals surface area (Å²) in [5, 5.41) is 3.94. The van der Waals surface area contributed by atoms with Crippen molar-refractivity contribution < 1.29 is 19.1 Å². The Kier molecular flexibility index (Phi) is 8.34. The Labute approximate surface area is 194 Å². The number of hydrogen-bond donors (Lipinski definition) is 1. The highest BCUT2D eigenvalue weighted by molar-refractivity contribution is 9.10. The summed E-state index contributed by atoms with van der Waals surface area (Å²) in [6.45, 7) is 1.73. The first-order valence-electron chi connectivity index (χ1n) is 9.76. The zero-order valence-electron chi connectivity index (χ0n) is 17.3. The molecule has 7 heteroatoms. The van der Waals surface area contributed by atoms with E-state index in [1.165, 1.54) is 12.3 Å². The molecule has 0 fully saturated rings. The highest BCUT2D eigenvalue weighted by Crippen LogP contribution is 2.22. The number of rotatable bonds is 8. The first kappa shape index (κ1) is 23.0. The van der Waals surface area contributed by atoms with Crippen LogP contribution >= 0.6 is 15.9 Å². The number of hydrogen-bond acceptors (Lipinski definition) is 5. The van der Waals surface area contributed by atoms with Gasteiger partial charge in [-0.3, -0.25) is 4.79 Å². The van der Waals surface area contributed by atoms with Crippen LogP contribution in [0.2, 0.25) is 0 Å². The lowest BCUT2D eigenvalue weighted by Crippen LogP contribution is -2.24. The fourth-order valence-corrected chi connectivity index (χ4v) is 3.03. The first-order chi connectivity index (χ1) is 15.5. The number of benzene rings is 3. The molecule has 3 rings (SSSR count). The van der Waals surface area contributed by atoms with Gasteiger partial charge in [0.2, 0.25) is 0 Å². The van der Waals surface area contributed by atoms with Crippen LogP contribution in [0, 0.1) is 6.92 Å². The van der Waals surface area contributed by atoms with E-state index in [4.69, 9.17) is 9.47 Å². The van der Waals surface area contributed by atoms with E-state index in [0.717, 1.165) is 15.6 Å². The van der Waals surface area contributed by atoms with Gasteiger partial charge in [0, 0.05) is 16.1 Å². The number of para-hydroxylation sites is 1. The number of aryl methyl sites for hydroxylation is 1. The molecule has 6 nitrogen and oxygen atoms in total. The summed E-state index contributed by atoms with van der Waals surface area (Å²) in [4.78, 5) is 24.2. The molecule has 0 aliphatic rings. The topological polar surface area (TPSA) is 77.0 Å². The molecule has 0 aromatic heterocycles. The smallest absolute Gasteiger partial charge is 0.336 e. The molecule has 0 heterocycles. The minimum atomic E-state index is -0.526. The van der Waals surface area contributed by atoms with Gasteiger partial charge in [0.1, 0.15) is 11.5 Å². The third kappa shape index (κ3) is 7.21. The van der Waals surface area contributed by atoms with Crippen LogP contribution < -0.4 is 14.9 Å². The molecule has 3 aromatic rings. The van der Waals surface area contributed by atoms with Crippen LogP contribution in [0.5, 0.6) is 11.5 Å². The number of amides is 1. The molecular formula is C25H21BrN2O4. The van der Waals surface area contributed by atoms with Crippen LogP contribution in [0.3, 0.4) is 0 Å². The summed E-state index contributed by atoms with van der Waals surface area (Å²) in [7, 11) is 0. The maximum Gasteiger partial charge on any atom is 0.336 e. The molecule has 1 amide bonds. The van der Waals surface area contributed by atoms with Crippen molar-refractivity contribution in [3.8, 4) is 11.5 Å². The number of hydrazone groups is 1. The molecule has 32 heavy (non-hydrogen) atoms. The van der Waals surface area contributed by atoms with Gasteiger partial charge in [0.05, 0.1) is 6.21 Å². The summed E-state index contributed by atoms with van der Waals surface area (Å²) in [6, 6.07) is 22.0. The van der Waals surface area contributed by atoms with Gasteiger partial charge >= 0.3 is 5.97 Å². The van der Waals surface area contributed by atoms with Crippen molar-refractivity contribution in [3.63, 3.8) is 0 Å². The van der Waals surface area contributed by atoms with Crippen molar-refractivity contribution in [3.05, 3.63) is 100 Å². The van der Waals surface area contributed by atoms with Crippen LogP contribution in [0.25, 0.3) is 6.08 Å². The van der Waals surface area contributed by atoms with Gasteiger partial charge < -0.3 is 9.47 Å². The fraction of sp³-hybridized carbons (Fsp3) is 0.0800. The fourth-order valence-electron chi connectivity index (χ4n) is 2.65. The van der Waals surface area contributed by atoms with Crippen molar-refractivity contribution in [1.82, 2.24) is 5.43 Å². The predicted molar refractivity (Wildman–Crippen MR) is 128 cm³/mol. The summed E-state index contributed by atoms with van der Waals surface area (Å²) in [5.41, 5.74) is 4.74. The maximum absolute atomic E-state index is 12.2. The largest absolute Gasteiger partial charge is 0.483 e. The molecule has 0 unspecified atom stereocenters. The predicted octanol–water partition coefficient (Wildman–Crippen LogP) is 4.91. The number of nitrogens with one attached hydrogen (secondary N) is 1. The van der Waals surface area contributed by atoms with Crippen molar-refractivity contribution >= 4 is 40.1 Å². The van der Waals surface area contributed by atoms with Gasteiger partial charge in [-0.1, -0.05) is 64.5 Å². The van der Waals surface area contributed by atoms with E-state index in [9.17, 15) is 9.59 Å². The van der Waals surface area contributed by atoms with Crippen molar-refractivity contribution in [2.45, 2.75) is 6.92 Å². The highest BCUT2D eigenvalue weighted by Gasteiger charge is 2.08. The van der Waals surface area contributed by atoms with Gasteiger partial charge in [-0.25, -0.2) is 10.2 Å². The molecular weight excluding hydrogens is 472 g/mol. The molecule has 3 aromatic carbocycles. The van der Waals surface area contributed by atoms with Gasteiger partial charge in [0.15, 0.2) is 6.61 Å². The van der Waals surface area contributed by atoms with Crippen LogP contribution in [-0.4, -0.2) is 24.7 Å². The number of carbonyl (C=O) groups is 2.